The number of pyridine rings is 1. The number of nitrogens with one attached hydrogen (secondary N) is 1. The van der Waals surface area contributed by atoms with Gasteiger partial charge in [-0.2, -0.15) is 5.10 Å². The minimum absolute atomic E-state index is 0.300. The van der Waals surface area contributed by atoms with Gasteiger partial charge in [-0.05, 0) is 35.9 Å². The highest BCUT2D eigenvalue weighted by molar-refractivity contribution is 7.21. The fourth-order valence-electron chi connectivity index (χ4n) is 1.85. The predicted molar refractivity (Wildman–Crippen MR) is 86.1 cm³/mol. The van der Waals surface area contributed by atoms with Crippen molar-refractivity contribution < 1.29 is 9.18 Å². The van der Waals surface area contributed by atoms with Gasteiger partial charge in [-0.15, -0.1) is 11.3 Å². The summed E-state index contributed by atoms with van der Waals surface area (Å²) in [6.45, 7) is 0. The molecule has 0 spiro atoms. The number of carbonyl (C=O) groups excluding carboxylic acids is 1. The van der Waals surface area contributed by atoms with Gasteiger partial charge in [-0.25, -0.2) is 9.82 Å². The van der Waals surface area contributed by atoms with Crippen molar-refractivity contribution >= 4 is 45.1 Å². The van der Waals surface area contributed by atoms with Crippen LogP contribution in [-0.4, -0.2) is 17.1 Å². The standard InChI is InChI=1S/C15H9ClFN3OS/c16-13-11-2-1-10(17)7-12(11)22-14(13)15(21)20-19-8-9-3-5-18-6-4-9/h1-8H,(H,20,21)/b19-8+. The number of hydrazone groups is 1. The van der Waals surface area contributed by atoms with E-state index in [2.05, 4.69) is 15.5 Å². The Morgan fingerprint density at radius 1 is 1.32 bits per heavy atom. The van der Waals surface area contributed by atoms with Gasteiger partial charge in [0.05, 0.1) is 11.2 Å². The average Bonchev–Trinajstić information content (AvgIpc) is 2.84. The van der Waals surface area contributed by atoms with E-state index >= 15 is 0 Å². The molecule has 110 valence electrons. The molecule has 0 atom stereocenters. The molecule has 0 bridgehead atoms. The summed E-state index contributed by atoms with van der Waals surface area (Å²) < 4.78 is 13.8. The zero-order valence-electron chi connectivity index (χ0n) is 11.1. The van der Waals surface area contributed by atoms with E-state index < -0.39 is 5.91 Å². The molecule has 3 rings (SSSR count). The lowest BCUT2D eigenvalue weighted by molar-refractivity contribution is 0.0959. The third-order valence-electron chi connectivity index (χ3n) is 2.88. The van der Waals surface area contributed by atoms with Crippen LogP contribution in [0.2, 0.25) is 5.02 Å². The average molecular weight is 334 g/mol. The van der Waals surface area contributed by atoms with E-state index in [4.69, 9.17) is 11.6 Å². The zero-order valence-corrected chi connectivity index (χ0v) is 12.7. The summed E-state index contributed by atoms with van der Waals surface area (Å²) in [4.78, 5) is 16.3. The lowest BCUT2D eigenvalue weighted by Crippen LogP contribution is -2.16. The molecule has 0 saturated carbocycles. The van der Waals surface area contributed by atoms with Gasteiger partial charge in [-0.3, -0.25) is 9.78 Å². The summed E-state index contributed by atoms with van der Waals surface area (Å²) in [6, 6.07) is 7.73. The molecular weight excluding hydrogens is 325 g/mol. The Labute approximate surface area is 134 Å². The van der Waals surface area contributed by atoms with Crippen LogP contribution in [0.1, 0.15) is 15.2 Å². The topological polar surface area (TPSA) is 54.4 Å². The fourth-order valence-corrected chi connectivity index (χ4v) is 3.28. The first-order valence-electron chi connectivity index (χ1n) is 6.26. The van der Waals surface area contributed by atoms with Gasteiger partial charge in [-0.1, -0.05) is 11.6 Å². The molecule has 7 heteroatoms. The van der Waals surface area contributed by atoms with Crippen molar-refractivity contribution in [1.82, 2.24) is 10.4 Å². The van der Waals surface area contributed by atoms with Crippen molar-refractivity contribution in [3.05, 3.63) is 64.0 Å². The van der Waals surface area contributed by atoms with Crippen LogP contribution in [0.3, 0.4) is 0 Å². The van der Waals surface area contributed by atoms with Gasteiger partial charge in [0.15, 0.2) is 0 Å². The maximum Gasteiger partial charge on any atom is 0.283 e. The van der Waals surface area contributed by atoms with Gasteiger partial charge in [0.25, 0.3) is 5.91 Å². The highest BCUT2D eigenvalue weighted by Gasteiger charge is 2.17. The maximum atomic E-state index is 13.2. The van der Waals surface area contributed by atoms with Crippen LogP contribution in [0.4, 0.5) is 4.39 Å². The molecule has 1 amide bonds. The van der Waals surface area contributed by atoms with E-state index in [1.54, 1.807) is 30.6 Å². The number of hydrogen-bond acceptors (Lipinski definition) is 4. The molecule has 0 aliphatic rings. The van der Waals surface area contributed by atoms with Crippen LogP contribution < -0.4 is 5.43 Å². The summed E-state index contributed by atoms with van der Waals surface area (Å²) in [5.74, 6) is -0.801. The van der Waals surface area contributed by atoms with E-state index in [0.29, 0.717) is 20.0 Å². The van der Waals surface area contributed by atoms with Gasteiger partial charge < -0.3 is 0 Å². The summed E-state index contributed by atoms with van der Waals surface area (Å²) in [5, 5.41) is 4.82. The second kappa shape index (κ2) is 6.21. The van der Waals surface area contributed by atoms with Crippen LogP contribution in [0, 0.1) is 5.82 Å². The molecule has 0 radical (unpaired) electrons. The summed E-state index contributed by atoms with van der Waals surface area (Å²) >= 11 is 7.29. The van der Waals surface area contributed by atoms with E-state index in [1.165, 1.54) is 18.3 Å². The highest BCUT2D eigenvalue weighted by atomic mass is 35.5. The maximum absolute atomic E-state index is 13.2. The third-order valence-corrected chi connectivity index (χ3v) is 4.54. The Balaban J connectivity index is 1.80. The Morgan fingerprint density at radius 3 is 2.86 bits per heavy atom. The fraction of sp³-hybridized carbons (Fsp3) is 0. The van der Waals surface area contributed by atoms with Gasteiger partial charge in [0.2, 0.25) is 0 Å². The van der Waals surface area contributed by atoms with Crippen molar-refractivity contribution in [2.24, 2.45) is 5.10 Å². The number of thiophene rings is 1. The molecule has 2 heterocycles. The molecule has 0 saturated heterocycles. The predicted octanol–water partition coefficient (Wildman–Crippen LogP) is 3.85. The van der Waals surface area contributed by atoms with Crippen LogP contribution in [0.15, 0.2) is 47.8 Å². The zero-order chi connectivity index (χ0) is 15.5. The summed E-state index contributed by atoms with van der Waals surface area (Å²) in [5.41, 5.74) is 3.21. The molecule has 1 aromatic carbocycles. The monoisotopic (exact) mass is 333 g/mol. The largest absolute Gasteiger partial charge is 0.283 e. The van der Waals surface area contributed by atoms with Gasteiger partial charge in [0.1, 0.15) is 10.7 Å². The molecule has 4 nitrogen and oxygen atoms in total. The smallest absolute Gasteiger partial charge is 0.266 e. The lowest BCUT2D eigenvalue weighted by atomic mass is 10.2. The van der Waals surface area contributed by atoms with Gasteiger partial charge in [0, 0.05) is 22.5 Å². The molecular formula is C15H9ClFN3OS. The number of aromatic nitrogens is 1. The Morgan fingerprint density at radius 2 is 2.09 bits per heavy atom. The van der Waals surface area contributed by atoms with Crippen LogP contribution in [0.5, 0.6) is 0 Å². The van der Waals surface area contributed by atoms with E-state index in [1.807, 2.05) is 0 Å². The lowest BCUT2D eigenvalue weighted by Gasteiger charge is -1.97. The van der Waals surface area contributed by atoms with Crippen LogP contribution in [0.25, 0.3) is 10.1 Å². The highest BCUT2D eigenvalue weighted by Crippen LogP contribution is 2.35. The van der Waals surface area contributed by atoms with Crippen molar-refractivity contribution in [3.63, 3.8) is 0 Å². The number of halogens is 2. The number of amides is 1. The second-order valence-corrected chi connectivity index (χ2v) is 5.80. The SMILES string of the molecule is O=C(N/N=C/c1ccncc1)c1sc2cc(F)ccc2c1Cl. The normalized spacial score (nSPS) is 11.2. The molecule has 2 aromatic heterocycles. The van der Waals surface area contributed by atoms with Crippen molar-refractivity contribution in [2.75, 3.05) is 0 Å². The number of nitrogens with zero attached hydrogens (tertiary/aromatic N) is 2. The van der Waals surface area contributed by atoms with Crippen molar-refractivity contribution in [1.29, 1.82) is 0 Å². The number of fused-ring (bicyclic) bond motifs is 1. The van der Waals surface area contributed by atoms with Gasteiger partial charge >= 0.3 is 0 Å². The number of hydrogen-bond donors (Lipinski definition) is 1. The minimum atomic E-state index is -0.433. The quantitative estimate of drug-likeness (QED) is 0.584. The molecule has 0 aliphatic heterocycles. The first kappa shape index (κ1) is 14.6. The van der Waals surface area contributed by atoms with E-state index in [9.17, 15) is 9.18 Å². The Hall–Kier alpha value is -2.31. The Kier molecular flexibility index (Phi) is 4.13. The van der Waals surface area contributed by atoms with E-state index in [-0.39, 0.29) is 5.82 Å². The molecule has 1 N–H and O–H groups in total. The summed E-state index contributed by atoms with van der Waals surface area (Å²) in [7, 11) is 0. The first-order valence-corrected chi connectivity index (χ1v) is 7.45. The third kappa shape index (κ3) is 2.98. The number of carbonyl (C=O) groups is 1. The molecule has 3 aromatic rings. The van der Waals surface area contributed by atoms with Crippen molar-refractivity contribution in [2.45, 2.75) is 0 Å². The number of rotatable bonds is 3. The Bertz CT molecular complexity index is 864. The molecule has 22 heavy (non-hydrogen) atoms. The molecule has 0 unspecified atom stereocenters. The minimum Gasteiger partial charge on any atom is -0.266 e. The van der Waals surface area contributed by atoms with E-state index in [0.717, 1.165) is 16.9 Å². The summed E-state index contributed by atoms with van der Waals surface area (Å²) in [6.07, 6.45) is 4.75. The molecule has 0 fully saturated rings. The number of benzene rings is 1. The first-order chi connectivity index (χ1) is 10.6. The van der Waals surface area contributed by atoms with Crippen LogP contribution >= 0.6 is 22.9 Å². The molecule has 0 aliphatic carbocycles. The van der Waals surface area contributed by atoms with Crippen molar-refractivity contribution in [3.8, 4) is 0 Å². The second-order valence-electron chi connectivity index (χ2n) is 4.37. The van der Waals surface area contributed by atoms with Crippen LogP contribution in [-0.2, 0) is 0 Å².